The molecule has 26 heavy (non-hydrogen) atoms. The molecule has 0 atom stereocenters. The second-order valence-corrected chi connectivity index (χ2v) is 6.66. The lowest BCUT2D eigenvalue weighted by atomic mass is 9.95. The van der Waals surface area contributed by atoms with Crippen molar-refractivity contribution in [2.45, 2.75) is 25.7 Å². The number of hydrogen-bond acceptors (Lipinski definition) is 6. The Hall–Kier alpha value is -2.57. The topological polar surface area (TPSA) is 75.9 Å². The number of methoxy groups -OCH3 is 1. The highest BCUT2D eigenvalue weighted by Crippen LogP contribution is 2.27. The van der Waals surface area contributed by atoms with Crippen molar-refractivity contribution in [1.29, 1.82) is 0 Å². The molecule has 1 fully saturated rings. The molecular weight excluding hydrogens is 334 g/mol. The normalized spacial score (nSPS) is 15.2. The number of amides is 1. The smallest absolute Gasteiger partial charge is 0.305 e. The zero-order valence-corrected chi connectivity index (χ0v) is 15.3. The summed E-state index contributed by atoms with van der Waals surface area (Å²) in [5.74, 6) is -0.0803. The molecule has 0 spiro atoms. The van der Waals surface area contributed by atoms with Gasteiger partial charge in [-0.1, -0.05) is 12.1 Å². The van der Waals surface area contributed by atoms with E-state index in [1.54, 1.807) is 11.9 Å². The van der Waals surface area contributed by atoms with Crippen molar-refractivity contribution >= 4 is 29.0 Å². The first-order chi connectivity index (χ1) is 12.6. The SMILES string of the molecule is COC(=O)CCCN(C)C(=O)C1CCN(c2nc3ccccc3o2)CC1. The van der Waals surface area contributed by atoms with E-state index < -0.39 is 0 Å². The quantitative estimate of drug-likeness (QED) is 0.738. The van der Waals surface area contributed by atoms with Crippen LogP contribution in [0, 0.1) is 5.92 Å². The van der Waals surface area contributed by atoms with E-state index in [2.05, 4.69) is 14.6 Å². The number of carbonyl (C=O) groups is 2. The van der Waals surface area contributed by atoms with Gasteiger partial charge in [0.25, 0.3) is 6.01 Å². The number of aromatic nitrogens is 1. The number of nitrogens with zero attached hydrogens (tertiary/aromatic N) is 3. The molecule has 1 aromatic carbocycles. The van der Waals surface area contributed by atoms with Gasteiger partial charge in [-0.2, -0.15) is 4.98 Å². The average molecular weight is 359 g/mol. The van der Waals surface area contributed by atoms with E-state index in [-0.39, 0.29) is 17.8 Å². The Morgan fingerprint density at radius 2 is 2.04 bits per heavy atom. The maximum atomic E-state index is 12.6. The van der Waals surface area contributed by atoms with Gasteiger partial charge < -0.3 is 19.0 Å². The molecule has 0 saturated carbocycles. The van der Waals surface area contributed by atoms with Gasteiger partial charge in [-0.25, -0.2) is 0 Å². The molecule has 1 aromatic heterocycles. The summed E-state index contributed by atoms with van der Waals surface area (Å²) in [6.07, 6.45) is 2.51. The zero-order chi connectivity index (χ0) is 18.5. The Morgan fingerprint density at radius 3 is 2.73 bits per heavy atom. The Bertz CT molecular complexity index is 732. The molecule has 2 aromatic rings. The number of anilines is 1. The van der Waals surface area contributed by atoms with Gasteiger partial charge in [0.15, 0.2) is 5.58 Å². The van der Waals surface area contributed by atoms with Crippen LogP contribution in [0.1, 0.15) is 25.7 Å². The minimum atomic E-state index is -0.238. The van der Waals surface area contributed by atoms with Gasteiger partial charge in [0, 0.05) is 39.0 Å². The fraction of sp³-hybridized carbons (Fsp3) is 0.526. The van der Waals surface area contributed by atoms with Crippen molar-refractivity contribution in [2.75, 3.05) is 38.7 Å². The third-order valence-corrected chi connectivity index (χ3v) is 4.88. The van der Waals surface area contributed by atoms with Gasteiger partial charge in [0.1, 0.15) is 5.52 Å². The van der Waals surface area contributed by atoms with E-state index in [0.717, 1.165) is 37.0 Å². The van der Waals surface area contributed by atoms with Crippen molar-refractivity contribution in [3.05, 3.63) is 24.3 Å². The lowest BCUT2D eigenvalue weighted by Gasteiger charge is -2.32. The highest BCUT2D eigenvalue weighted by Gasteiger charge is 2.28. The zero-order valence-electron chi connectivity index (χ0n) is 15.3. The van der Waals surface area contributed by atoms with E-state index in [1.165, 1.54) is 7.11 Å². The number of oxazole rings is 1. The van der Waals surface area contributed by atoms with Crippen LogP contribution >= 0.6 is 0 Å². The van der Waals surface area contributed by atoms with Gasteiger partial charge in [-0.15, -0.1) is 0 Å². The summed E-state index contributed by atoms with van der Waals surface area (Å²) in [6, 6.07) is 8.34. The van der Waals surface area contributed by atoms with Crippen LogP contribution in [-0.4, -0.2) is 55.6 Å². The van der Waals surface area contributed by atoms with E-state index >= 15 is 0 Å². The third kappa shape index (κ3) is 4.15. The van der Waals surface area contributed by atoms with Crippen molar-refractivity contribution < 1.29 is 18.7 Å². The van der Waals surface area contributed by atoms with E-state index in [9.17, 15) is 9.59 Å². The number of esters is 1. The molecule has 1 amide bonds. The number of piperidine rings is 1. The molecule has 0 radical (unpaired) electrons. The standard InChI is InChI=1S/C19H25N3O4/c1-21(11-5-8-17(23)25-2)18(24)14-9-12-22(13-10-14)19-20-15-6-3-4-7-16(15)26-19/h3-4,6-7,14H,5,8-13H2,1-2H3. The highest BCUT2D eigenvalue weighted by molar-refractivity contribution is 5.79. The molecule has 0 N–H and O–H groups in total. The number of hydrogen-bond donors (Lipinski definition) is 0. The van der Waals surface area contributed by atoms with Crippen LogP contribution in [0.3, 0.4) is 0 Å². The second kappa shape index (κ2) is 8.21. The summed E-state index contributed by atoms with van der Waals surface area (Å²) in [6.45, 7) is 2.07. The predicted molar refractivity (Wildman–Crippen MR) is 97.8 cm³/mol. The number of rotatable bonds is 6. The minimum Gasteiger partial charge on any atom is -0.469 e. The molecule has 140 valence electrons. The number of para-hydroxylation sites is 2. The first-order valence-corrected chi connectivity index (χ1v) is 9.01. The lowest BCUT2D eigenvalue weighted by molar-refractivity contribution is -0.141. The summed E-state index contributed by atoms with van der Waals surface area (Å²) in [4.78, 5) is 32.1. The van der Waals surface area contributed by atoms with Gasteiger partial charge in [0.2, 0.25) is 5.91 Å². The Labute approximate surface area is 152 Å². The van der Waals surface area contributed by atoms with E-state index in [0.29, 0.717) is 25.4 Å². The number of fused-ring (bicyclic) bond motifs is 1. The van der Waals surface area contributed by atoms with Gasteiger partial charge in [0.05, 0.1) is 7.11 Å². The van der Waals surface area contributed by atoms with Crippen LogP contribution in [-0.2, 0) is 14.3 Å². The molecule has 1 aliphatic rings. The molecule has 2 heterocycles. The van der Waals surface area contributed by atoms with E-state index in [4.69, 9.17) is 4.42 Å². The molecule has 1 aliphatic heterocycles. The predicted octanol–water partition coefficient (Wildman–Crippen LogP) is 2.46. The third-order valence-electron chi connectivity index (χ3n) is 4.88. The summed E-state index contributed by atoms with van der Waals surface area (Å²) >= 11 is 0. The van der Waals surface area contributed by atoms with Crippen LogP contribution in [0.15, 0.2) is 28.7 Å². The number of carbonyl (C=O) groups excluding carboxylic acids is 2. The van der Waals surface area contributed by atoms with Crippen LogP contribution in [0.2, 0.25) is 0 Å². The molecular formula is C19H25N3O4. The summed E-state index contributed by atoms with van der Waals surface area (Å²) < 4.78 is 10.4. The fourth-order valence-corrected chi connectivity index (χ4v) is 3.30. The lowest BCUT2D eigenvalue weighted by Crippen LogP contribution is -2.41. The summed E-state index contributed by atoms with van der Waals surface area (Å²) in [7, 11) is 3.18. The number of ether oxygens (including phenoxy) is 1. The Morgan fingerprint density at radius 1 is 1.31 bits per heavy atom. The monoisotopic (exact) mass is 359 g/mol. The molecule has 7 nitrogen and oxygen atoms in total. The van der Waals surface area contributed by atoms with Crippen LogP contribution in [0.4, 0.5) is 6.01 Å². The average Bonchev–Trinajstić information content (AvgIpc) is 3.11. The minimum absolute atomic E-state index is 0.0127. The Kier molecular flexibility index (Phi) is 5.75. The molecule has 3 rings (SSSR count). The maximum Gasteiger partial charge on any atom is 0.305 e. The first kappa shape index (κ1) is 18.2. The molecule has 7 heteroatoms. The van der Waals surface area contributed by atoms with Gasteiger partial charge >= 0.3 is 5.97 Å². The van der Waals surface area contributed by atoms with Crippen molar-refractivity contribution in [1.82, 2.24) is 9.88 Å². The Balaban J connectivity index is 1.49. The largest absolute Gasteiger partial charge is 0.469 e. The fourth-order valence-electron chi connectivity index (χ4n) is 3.30. The number of benzene rings is 1. The molecule has 0 bridgehead atoms. The molecule has 0 unspecified atom stereocenters. The van der Waals surface area contributed by atoms with Crippen LogP contribution in [0.5, 0.6) is 0 Å². The van der Waals surface area contributed by atoms with Crippen molar-refractivity contribution in [3.8, 4) is 0 Å². The molecule has 0 aliphatic carbocycles. The second-order valence-electron chi connectivity index (χ2n) is 6.66. The summed E-state index contributed by atoms with van der Waals surface area (Å²) in [5.41, 5.74) is 1.64. The van der Waals surface area contributed by atoms with Crippen LogP contribution in [0.25, 0.3) is 11.1 Å². The first-order valence-electron chi connectivity index (χ1n) is 9.01. The highest BCUT2D eigenvalue weighted by atomic mass is 16.5. The summed E-state index contributed by atoms with van der Waals surface area (Å²) in [5, 5.41) is 0. The maximum absolute atomic E-state index is 12.6. The van der Waals surface area contributed by atoms with Crippen molar-refractivity contribution in [3.63, 3.8) is 0 Å². The van der Waals surface area contributed by atoms with E-state index in [1.807, 2.05) is 24.3 Å². The van der Waals surface area contributed by atoms with Crippen molar-refractivity contribution in [2.24, 2.45) is 5.92 Å². The van der Waals surface area contributed by atoms with Gasteiger partial charge in [-0.05, 0) is 31.4 Å². The van der Waals surface area contributed by atoms with Crippen LogP contribution < -0.4 is 4.90 Å². The molecule has 1 saturated heterocycles. The van der Waals surface area contributed by atoms with Gasteiger partial charge in [-0.3, -0.25) is 9.59 Å².